The highest BCUT2D eigenvalue weighted by molar-refractivity contribution is 5.85. The smallest absolute Gasteiger partial charge is 0.237 e. The molecule has 0 aliphatic carbocycles. The second-order valence-electron chi connectivity index (χ2n) is 6.19. The molecule has 0 aliphatic rings. The van der Waals surface area contributed by atoms with Crippen LogP contribution in [-0.2, 0) is 11.2 Å². The van der Waals surface area contributed by atoms with Gasteiger partial charge in [-0.2, -0.15) is 0 Å². The zero-order valence-corrected chi connectivity index (χ0v) is 17.6. The average molecular weight is 412 g/mol. The van der Waals surface area contributed by atoms with Crippen molar-refractivity contribution in [3.8, 4) is 0 Å². The number of nitrogens with two attached hydrogens (primary N) is 1. The van der Waals surface area contributed by atoms with Crippen LogP contribution in [0.4, 0.5) is 0 Å². The van der Waals surface area contributed by atoms with E-state index in [1.54, 1.807) is 0 Å². The van der Waals surface area contributed by atoms with Gasteiger partial charge in [0, 0.05) is 6.54 Å². The first-order valence-corrected chi connectivity index (χ1v) is 9.01. The van der Waals surface area contributed by atoms with Crippen LogP contribution in [0.2, 0.25) is 0 Å². The van der Waals surface area contributed by atoms with E-state index in [4.69, 9.17) is 5.73 Å². The van der Waals surface area contributed by atoms with Crippen LogP contribution in [-0.4, -0.2) is 36.5 Å². The standard InChI is InChI=1S/C21H29N3O.2ClH/c1-3-24(4-2)20(18-13-9-6-10-14-18)16-23-21(25)19(22)15-17-11-7-5-8-12-17;;/h5-14,19-20H,3-4,15-16,22H2,1-2H3,(H,23,25);2*1H/t19-,20?;;/m0../s1. The van der Waals surface area contributed by atoms with Gasteiger partial charge in [0.25, 0.3) is 0 Å². The highest BCUT2D eigenvalue weighted by atomic mass is 35.5. The van der Waals surface area contributed by atoms with Gasteiger partial charge in [0.05, 0.1) is 12.1 Å². The van der Waals surface area contributed by atoms with E-state index < -0.39 is 6.04 Å². The summed E-state index contributed by atoms with van der Waals surface area (Å²) in [7, 11) is 0. The lowest BCUT2D eigenvalue weighted by molar-refractivity contribution is -0.122. The van der Waals surface area contributed by atoms with Crippen molar-refractivity contribution >= 4 is 30.7 Å². The number of hydrogen-bond acceptors (Lipinski definition) is 3. The van der Waals surface area contributed by atoms with Crippen molar-refractivity contribution in [3.63, 3.8) is 0 Å². The second-order valence-corrected chi connectivity index (χ2v) is 6.19. The Bertz CT molecular complexity index is 636. The Labute approximate surface area is 175 Å². The largest absolute Gasteiger partial charge is 0.353 e. The molecule has 0 bridgehead atoms. The average Bonchev–Trinajstić information content (AvgIpc) is 2.66. The monoisotopic (exact) mass is 411 g/mol. The number of nitrogens with zero attached hydrogens (tertiary/aromatic N) is 1. The van der Waals surface area contributed by atoms with E-state index >= 15 is 0 Å². The Kier molecular flexibility index (Phi) is 12.8. The van der Waals surface area contributed by atoms with E-state index in [2.05, 4.69) is 36.2 Å². The molecule has 0 fully saturated rings. The van der Waals surface area contributed by atoms with E-state index in [0.29, 0.717) is 13.0 Å². The summed E-state index contributed by atoms with van der Waals surface area (Å²) in [5, 5.41) is 3.04. The number of halogens is 2. The minimum atomic E-state index is -0.532. The molecule has 6 heteroatoms. The van der Waals surface area contributed by atoms with E-state index in [-0.39, 0.29) is 36.8 Å². The van der Waals surface area contributed by atoms with Crippen LogP contribution in [0.1, 0.15) is 31.0 Å². The molecule has 4 nitrogen and oxygen atoms in total. The number of rotatable bonds is 9. The quantitative estimate of drug-likeness (QED) is 0.662. The van der Waals surface area contributed by atoms with Crippen molar-refractivity contribution < 1.29 is 4.79 Å². The molecule has 0 radical (unpaired) electrons. The highest BCUT2D eigenvalue weighted by Gasteiger charge is 2.20. The number of carbonyl (C=O) groups is 1. The van der Waals surface area contributed by atoms with E-state index in [9.17, 15) is 4.79 Å². The number of likely N-dealkylation sites (N-methyl/N-ethyl adjacent to an activating group) is 1. The normalized spacial score (nSPS) is 12.4. The molecule has 0 aromatic heterocycles. The lowest BCUT2D eigenvalue weighted by Crippen LogP contribution is -2.45. The van der Waals surface area contributed by atoms with Gasteiger partial charge in [-0.3, -0.25) is 9.69 Å². The Hall–Kier alpha value is -1.59. The first-order valence-electron chi connectivity index (χ1n) is 9.01. The zero-order chi connectivity index (χ0) is 18.1. The van der Waals surface area contributed by atoms with Crippen LogP contribution in [0.15, 0.2) is 60.7 Å². The molecular formula is C21H31Cl2N3O. The van der Waals surface area contributed by atoms with Crippen LogP contribution < -0.4 is 11.1 Å². The third kappa shape index (κ3) is 7.89. The fraction of sp³-hybridized carbons (Fsp3) is 0.381. The summed E-state index contributed by atoms with van der Waals surface area (Å²) in [6.45, 7) is 6.71. The predicted octanol–water partition coefficient (Wildman–Crippen LogP) is 3.60. The number of carbonyl (C=O) groups excluding carboxylic acids is 1. The van der Waals surface area contributed by atoms with Gasteiger partial charge in [-0.15, -0.1) is 24.8 Å². The van der Waals surface area contributed by atoms with Crippen molar-refractivity contribution in [1.29, 1.82) is 0 Å². The van der Waals surface area contributed by atoms with Gasteiger partial charge in [-0.05, 0) is 30.6 Å². The third-order valence-electron chi connectivity index (χ3n) is 4.54. The van der Waals surface area contributed by atoms with Crippen LogP contribution in [0.25, 0.3) is 0 Å². The van der Waals surface area contributed by atoms with Crippen LogP contribution >= 0.6 is 24.8 Å². The summed E-state index contributed by atoms with van der Waals surface area (Å²) >= 11 is 0. The summed E-state index contributed by atoms with van der Waals surface area (Å²) in [5.74, 6) is -0.100. The maximum atomic E-state index is 12.4. The molecule has 2 aromatic rings. The van der Waals surface area contributed by atoms with E-state index in [0.717, 1.165) is 18.7 Å². The van der Waals surface area contributed by atoms with Gasteiger partial charge in [-0.1, -0.05) is 74.5 Å². The third-order valence-corrected chi connectivity index (χ3v) is 4.54. The molecule has 0 heterocycles. The molecular weight excluding hydrogens is 381 g/mol. The summed E-state index contributed by atoms with van der Waals surface area (Å²) in [6.07, 6.45) is 0.550. The molecule has 0 saturated carbocycles. The molecule has 3 N–H and O–H groups in total. The lowest BCUT2D eigenvalue weighted by Gasteiger charge is -2.30. The lowest BCUT2D eigenvalue weighted by atomic mass is 10.0. The first-order chi connectivity index (χ1) is 12.2. The molecule has 1 unspecified atom stereocenters. The zero-order valence-electron chi connectivity index (χ0n) is 16.0. The molecule has 150 valence electrons. The Balaban J connectivity index is 0.00000338. The van der Waals surface area contributed by atoms with Gasteiger partial charge >= 0.3 is 0 Å². The topological polar surface area (TPSA) is 58.4 Å². The molecule has 1 amide bonds. The Morgan fingerprint density at radius 3 is 2.00 bits per heavy atom. The second kappa shape index (κ2) is 13.6. The van der Waals surface area contributed by atoms with Crippen molar-refractivity contribution in [2.24, 2.45) is 5.73 Å². The maximum absolute atomic E-state index is 12.4. The van der Waals surface area contributed by atoms with E-state index in [1.165, 1.54) is 5.56 Å². The summed E-state index contributed by atoms with van der Waals surface area (Å²) in [5.41, 5.74) is 8.38. The minimum absolute atomic E-state index is 0. The fourth-order valence-corrected chi connectivity index (χ4v) is 3.09. The summed E-state index contributed by atoms with van der Waals surface area (Å²) < 4.78 is 0. The predicted molar refractivity (Wildman–Crippen MR) is 118 cm³/mol. The molecule has 0 aliphatic heterocycles. The van der Waals surface area contributed by atoms with Crippen LogP contribution in [0, 0.1) is 0 Å². The van der Waals surface area contributed by atoms with Crippen molar-refractivity contribution in [3.05, 3.63) is 71.8 Å². The highest BCUT2D eigenvalue weighted by Crippen LogP contribution is 2.19. The number of benzene rings is 2. The molecule has 0 saturated heterocycles. The van der Waals surface area contributed by atoms with Crippen LogP contribution in [0.3, 0.4) is 0 Å². The van der Waals surface area contributed by atoms with Crippen molar-refractivity contribution in [2.45, 2.75) is 32.4 Å². The molecule has 2 aromatic carbocycles. The molecule has 27 heavy (non-hydrogen) atoms. The van der Waals surface area contributed by atoms with Gasteiger partial charge in [0.1, 0.15) is 0 Å². The van der Waals surface area contributed by atoms with Crippen molar-refractivity contribution in [1.82, 2.24) is 10.2 Å². The summed E-state index contributed by atoms with van der Waals surface area (Å²) in [6, 6.07) is 19.8. The molecule has 2 rings (SSSR count). The first kappa shape index (κ1) is 25.4. The Morgan fingerprint density at radius 2 is 1.48 bits per heavy atom. The van der Waals surface area contributed by atoms with E-state index in [1.807, 2.05) is 48.5 Å². The van der Waals surface area contributed by atoms with Gasteiger partial charge in [0.15, 0.2) is 0 Å². The summed E-state index contributed by atoms with van der Waals surface area (Å²) in [4.78, 5) is 14.8. The van der Waals surface area contributed by atoms with Crippen molar-refractivity contribution in [2.75, 3.05) is 19.6 Å². The van der Waals surface area contributed by atoms with Gasteiger partial charge < -0.3 is 11.1 Å². The van der Waals surface area contributed by atoms with Gasteiger partial charge in [0.2, 0.25) is 5.91 Å². The van der Waals surface area contributed by atoms with Gasteiger partial charge in [-0.25, -0.2) is 0 Å². The number of hydrogen-bond donors (Lipinski definition) is 2. The fourth-order valence-electron chi connectivity index (χ4n) is 3.09. The van der Waals surface area contributed by atoms with Crippen LogP contribution in [0.5, 0.6) is 0 Å². The molecule has 0 spiro atoms. The Morgan fingerprint density at radius 1 is 0.963 bits per heavy atom. The SMILES string of the molecule is CCN(CC)C(CNC(=O)[C@@H](N)Cc1ccccc1)c1ccccc1.Cl.Cl. The number of amides is 1. The maximum Gasteiger partial charge on any atom is 0.237 e. The molecule has 2 atom stereocenters. The minimum Gasteiger partial charge on any atom is -0.353 e. The number of nitrogens with one attached hydrogen (secondary N) is 1.